The summed E-state index contributed by atoms with van der Waals surface area (Å²) < 4.78 is 0. The lowest BCUT2D eigenvalue weighted by molar-refractivity contribution is 0.472. The summed E-state index contributed by atoms with van der Waals surface area (Å²) in [6.45, 7) is 9.39. The molecule has 0 N–H and O–H groups in total. The number of hydrogen-bond acceptors (Lipinski definition) is 0. The molecule has 0 spiro atoms. The molecule has 0 saturated carbocycles. The van der Waals surface area contributed by atoms with Crippen LogP contribution in [-0.2, 0) is 5.41 Å². The van der Waals surface area contributed by atoms with Gasteiger partial charge in [-0.2, -0.15) is 0 Å². The van der Waals surface area contributed by atoms with Gasteiger partial charge < -0.3 is 0 Å². The van der Waals surface area contributed by atoms with Crippen LogP contribution in [0.1, 0.15) is 62.3 Å². The molecule has 2 aromatic carbocycles. The molecule has 3 rings (SSSR count). The highest BCUT2D eigenvalue weighted by Gasteiger charge is 2.39. The van der Waals surface area contributed by atoms with E-state index in [0.29, 0.717) is 11.8 Å². The molecule has 0 amide bonds. The summed E-state index contributed by atoms with van der Waals surface area (Å²) in [6, 6.07) is 18.1. The minimum absolute atomic E-state index is 0.151. The van der Waals surface area contributed by atoms with Gasteiger partial charge in [0.15, 0.2) is 0 Å². The molecule has 1 aliphatic rings. The molecule has 0 saturated heterocycles. The molecule has 104 valence electrons. The Kier molecular flexibility index (Phi) is 3.20. The minimum atomic E-state index is 0.151. The normalized spacial score (nSPS) is 24.4. The topological polar surface area (TPSA) is 0 Å². The molecular weight excluding hydrogens is 240 g/mol. The SMILES string of the molecule is CCC1(C)c2ccccc2C(C(C)C)c2ccccc21. The van der Waals surface area contributed by atoms with Crippen molar-refractivity contribution >= 4 is 0 Å². The van der Waals surface area contributed by atoms with Crippen LogP contribution < -0.4 is 0 Å². The van der Waals surface area contributed by atoms with Gasteiger partial charge in [-0.3, -0.25) is 0 Å². The monoisotopic (exact) mass is 264 g/mol. The van der Waals surface area contributed by atoms with E-state index < -0.39 is 0 Å². The molecule has 0 atom stereocenters. The van der Waals surface area contributed by atoms with Crippen LogP contribution in [0.4, 0.5) is 0 Å². The average molecular weight is 264 g/mol. The molecule has 0 bridgehead atoms. The summed E-state index contributed by atoms with van der Waals surface area (Å²) in [6.07, 6.45) is 1.14. The standard InChI is InChI=1S/C20H24/c1-5-20(4)17-12-8-6-10-15(17)19(14(2)3)16-11-7-9-13-18(16)20/h6-14,19H,5H2,1-4H3. The Bertz CT molecular complexity index is 574. The van der Waals surface area contributed by atoms with Crippen LogP contribution in [0.25, 0.3) is 0 Å². The van der Waals surface area contributed by atoms with E-state index in [9.17, 15) is 0 Å². The lowest BCUT2D eigenvalue weighted by Gasteiger charge is -2.42. The third kappa shape index (κ3) is 1.74. The van der Waals surface area contributed by atoms with Crippen molar-refractivity contribution in [3.63, 3.8) is 0 Å². The lowest BCUT2D eigenvalue weighted by Crippen LogP contribution is -2.32. The number of fused-ring (bicyclic) bond motifs is 2. The molecule has 0 aromatic heterocycles. The summed E-state index contributed by atoms with van der Waals surface area (Å²) in [5, 5.41) is 0. The molecular formula is C20H24. The first-order chi connectivity index (χ1) is 9.59. The molecule has 0 unspecified atom stereocenters. The van der Waals surface area contributed by atoms with Crippen LogP contribution in [-0.4, -0.2) is 0 Å². The van der Waals surface area contributed by atoms with Crippen LogP contribution in [0.15, 0.2) is 48.5 Å². The van der Waals surface area contributed by atoms with Crippen molar-refractivity contribution in [2.45, 2.75) is 45.4 Å². The maximum Gasteiger partial charge on any atom is 0.0178 e. The van der Waals surface area contributed by atoms with Gasteiger partial charge in [0.25, 0.3) is 0 Å². The van der Waals surface area contributed by atoms with Crippen molar-refractivity contribution in [1.82, 2.24) is 0 Å². The van der Waals surface area contributed by atoms with Gasteiger partial charge in [0.05, 0.1) is 0 Å². The summed E-state index contributed by atoms with van der Waals surface area (Å²) in [7, 11) is 0. The third-order valence-electron chi connectivity index (χ3n) is 5.15. The Morgan fingerprint density at radius 2 is 1.35 bits per heavy atom. The van der Waals surface area contributed by atoms with E-state index in [4.69, 9.17) is 0 Å². The van der Waals surface area contributed by atoms with Crippen molar-refractivity contribution in [3.8, 4) is 0 Å². The molecule has 0 aliphatic heterocycles. The van der Waals surface area contributed by atoms with Gasteiger partial charge in [0.1, 0.15) is 0 Å². The van der Waals surface area contributed by atoms with Gasteiger partial charge in [0, 0.05) is 11.3 Å². The molecule has 0 heteroatoms. The smallest absolute Gasteiger partial charge is 0.0178 e. The molecule has 0 radical (unpaired) electrons. The quantitative estimate of drug-likeness (QED) is 0.671. The van der Waals surface area contributed by atoms with Crippen molar-refractivity contribution in [2.75, 3.05) is 0 Å². The first-order valence-electron chi connectivity index (χ1n) is 7.78. The summed E-state index contributed by atoms with van der Waals surface area (Å²) in [5.74, 6) is 1.15. The van der Waals surface area contributed by atoms with E-state index in [2.05, 4.69) is 76.2 Å². The van der Waals surface area contributed by atoms with Gasteiger partial charge in [0.2, 0.25) is 0 Å². The second-order valence-electron chi connectivity index (χ2n) is 6.58. The Labute approximate surface area is 122 Å². The summed E-state index contributed by atoms with van der Waals surface area (Å²) in [5.41, 5.74) is 6.27. The van der Waals surface area contributed by atoms with E-state index >= 15 is 0 Å². The fourth-order valence-electron chi connectivity index (χ4n) is 3.95. The molecule has 20 heavy (non-hydrogen) atoms. The Hall–Kier alpha value is -1.56. The van der Waals surface area contributed by atoms with E-state index in [1.807, 2.05) is 0 Å². The fourth-order valence-corrected chi connectivity index (χ4v) is 3.95. The zero-order valence-electron chi connectivity index (χ0n) is 13.0. The van der Waals surface area contributed by atoms with Crippen LogP contribution in [0.2, 0.25) is 0 Å². The van der Waals surface area contributed by atoms with Crippen molar-refractivity contribution < 1.29 is 0 Å². The highest BCUT2D eigenvalue weighted by Crippen LogP contribution is 2.50. The molecule has 0 heterocycles. The first-order valence-corrected chi connectivity index (χ1v) is 7.78. The zero-order chi connectivity index (χ0) is 14.3. The van der Waals surface area contributed by atoms with Crippen molar-refractivity contribution in [2.24, 2.45) is 5.92 Å². The number of hydrogen-bond donors (Lipinski definition) is 0. The zero-order valence-corrected chi connectivity index (χ0v) is 13.0. The molecule has 0 fully saturated rings. The van der Waals surface area contributed by atoms with Crippen molar-refractivity contribution in [1.29, 1.82) is 0 Å². The summed E-state index contributed by atoms with van der Waals surface area (Å²) >= 11 is 0. The Morgan fingerprint density at radius 1 is 0.900 bits per heavy atom. The van der Waals surface area contributed by atoms with E-state index in [1.54, 1.807) is 0 Å². The maximum absolute atomic E-state index is 2.40. The second kappa shape index (κ2) is 4.77. The van der Waals surface area contributed by atoms with E-state index in [0.717, 1.165) is 6.42 Å². The van der Waals surface area contributed by atoms with Gasteiger partial charge in [-0.15, -0.1) is 0 Å². The predicted molar refractivity (Wildman–Crippen MR) is 86.3 cm³/mol. The second-order valence-corrected chi connectivity index (χ2v) is 6.58. The highest BCUT2D eigenvalue weighted by molar-refractivity contribution is 5.56. The lowest BCUT2D eigenvalue weighted by atomic mass is 9.61. The van der Waals surface area contributed by atoms with E-state index in [1.165, 1.54) is 22.3 Å². The van der Waals surface area contributed by atoms with Crippen LogP contribution in [0.3, 0.4) is 0 Å². The van der Waals surface area contributed by atoms with Gasteiger partial charge >= 0.3 is 0 Å². The Morgan fingerprint density at radius 3 is 1.75 bits per heavy atom. The highest BCUT2D eigenvalue weighted by atomic mass is 14.4. The van der Waals surface area contributed by atoms with E-state index in [-0.39, 0.29) is 5.41 Å². The fraction of sp³-hybridized carbons (Fsp3) is 0.400. The van der Waals surface area contributed by atoms with Crippen LogP contribution in [0, 0.1) is 5.92 Å². The van der Waals surface area contributed by atoms with Gasteiger partial charge in [-0.25, -0.2) is 0 Å². The summed E-state index contributed by atoms with van der Waals surface area (Å²) in [4.78, 5) is 0. The largest absolute Gasteiger partial charge is 0.0642 e. The van der Waals surface area contributed by atoms with Crippen LogP contribution in [0.5, 0.6) is 0 Å². The molecule has 2 aromatic rings. The maximum atomic E-state index is 2.40. The average Bonchev–Trinajstić information content (AvgIpc) is 2.47. The van der Waals surface area contributed by atoms with Crippen LogP contribution >= 0.6 is 0 Å². The molecule has 0 nitrogen and oxygen atoms in total. The minimum Gasteiger partial charge on any atom is -0.0642 e. The Balaban J connectivity index is 2.34. The predicted octanol–water partition coefficient (Wildman–Crippen LogP) is 5.50. The van der Waals surface area contributed by atoms with Crippen molar-refractivity contribution in [3.05, 3.63) is 70.8 Å². The van der Waals surface area contributed by atoms with Gasteiger partial charge in [-0.05, 0) is 34.6 Å². The van der Waals surface area contributed by atoms with Gasteiger partial charge in [-0.1, -0.05) is 76.2 Å². The third-order valence-corrected chi connectivity index (χ3v) is 5.15. The number of benzene rings is 2. The first kappa shape index (κ1) is 13.4. The number of rotatable bonds is 2. The molecule has 1 aliphatic carbocycles.